The van der Waals surface area contributed by atoms with Gasteiger partial charge in [0.1, 0.15) is 29.3 Å². The van der Waals surface area contributed by atoms with E-state index >= 15 is 0 Å². The molecule has 0 radical (unpaired) electrons. The predicted molar refractivity (Wildman–Crippen MR) is 235 cm³/mol. The van der Waals surface area contributed by atoms with Gasteiger partial charge in [-0.2, -0.15) is 0 Å². The van der Waals surface area contributed by atoms with Crippen molar-refractivity contribution in [3.8, 4) is 11.1 Å². The minimum atomic E-state index is -3.78. The number of nitrogens with one attached hydrogen (secondary N) is 2. The number of likely N-dealkylation sites (tertiary alicyclic amines) is 1. The molecule has 0 atom stereocenters. The van der Waals surface area contributed by atoms with Gasteiger partial charge in [0.25, 0.3) is 0 Å². The van der Waals surface area contributed by atoms with Crippen molar-refractivity contribution >= 4 is 61.3 Å². The molecule has 0 spiro atoms. The lowest BCUT2D eigenvalue weighted by molar-refractivity contribution is -0.116. The summed E-state index contributed by atoms with van der Waals surface area (Å²) in [7, 11) is -8.04. The summed E-state index contributed by atoms with van der Waals surface area (Å²) in [5.41, 5.74) is 20.2. The van der Waals surface area contributed by atoms with Crippen molar-refractivity contribution < 1.29 is 35.7 Å². The molecular formula is C40H59BN9O8S2-. The summed E-state index contributed by atoms with van der Waals surface area (Å²) in [5, 5.41) is 0.806. The highest BCUT2D eigenvalue weighted by Gasteiger charge is 2.51. The number of rotatable bonds is 15. The molecule has 1 aliphatic carbocycles. The molecule has 0 unspecified atom stereocenters. The number of amides is 2. The average Bonchev–Trinajstić information content (AvgIpc) is 3.58. The normalized spacial score (nSPS) is 19.5. The van der Waals surface area contributed by atoms with Crippen LogP contribution >= 0.6 is 0 Å². The fourth-order valence-corrected chi connectivity index (χ4v) is 8.88. The first-order chi connectivity index (χ1) is 27.2. The van der Waals surface area contributed by atoms with Crippen molar-refractivity contribution in [2.45, 2.75) is 84.7 Å². The molecule has 2 saturated heterocycles. The Morgan fingerprint density at radius 3 is 1.95 bits per heavy atom. The molecule has 2 amide bonds. The second-order valence-electron chi connectivity index (χ2n) is 16.2. The fraction of sp³-hybridized carbons (Fsp3) is 0.475. The highest BCUT2D eigenvalue weighted by atomic mass is 32.2. The molecule has 2 aromatic heterocycles. The van der Waals surface area contributed by atoms with Gasteiger partial charge in [0.15, 0.2) is 0 Å². The third kappa shape index (κ3) is 11.7. The zero-order chi connectivity index (χ0) is 42.0. The number of primary amides is 2. The van der Waals surface area contributed by atoms with Gasteiger partial charge >= 0.3 is 7.12 Å². The number of carbonyl (C=O) groups excluding carboxylic acids is 2. The number of benzene rings is 2. The number of fused-ring (bicyclic) bond motifs is 1. The molecule has 4 aromatic rings. The largest absolute Gasteiger partial charge is 0.494 e. The van der Waals surface area contributed by atoms with Gasteiger partial charge in [-0.15, -0.1) is 0 Å². The van der Waals surface area contributed by atoms with Crippen molar-refractivity contribution in [3.05, 3.63) is 79.6 Å². The second-order valence-corrected chi connectivity index (χ2v) is 19.8. The highest BCUT2D eigenvalue weighted by Crippen LogP contribution is 2.43. The number of nitrogens with two attached hydrogens (primary N) is 3. The number of anilines is 1. The molecule has 3 aliphatic rings. The van der Waals surface area contributed by atoms with Gasteiger partial charge in [-0.05, 0) is 94.2 Å². The molecule has 3 fully saturated rings. The van der Waals surface area contributed by atoms with Gasteiger partial charge in [-0.1, -0.05) is 49.9 Å². The molecular weight excluding hydrogens is 809 g/mol. The Morgan fingerprint density at radius 2 is 1.42 bits per heavy atom. The quantitative estimate of drug-likeness (QED) is 0.0852. The Balaban J connectivity index is 0.000000272. The van der Waals surface area contributed by atoms with Crippen molar-refractivity contribution in [2.24, 2.45) is 17.4 Å². The van der Waals surface area contributed by atoms with Crippen LogP contribution in [0.4, 0.5) is 5.82 Å². The van der Waals surface area contributed by atoms with E-state index < -0.39 is 61.7 Å². The summed E-state index contributed by atoms with van der Waals surface area (Å²) in [6.07, 6.45) is 7.13. The summed E-state index contributed by atoms with van der Waals surface area (Å²) in [6.45, 7) is 11.6. The maximum absolute atomic E-state index is 12.0. The molecule has 2 aliphatic heterocycles. The lowest BCUT2D eigenvalue weighted by Gasteiger charge is -2.42. The van der Waals surface area contributed by atoms with Crippen LogP contribution in [-0.4, -0.2) is 97.5 Å². The number of hydrogen-bond donors (Lipinski definition) is 5. The van der Waals surface area contributed by atoms with Gasteiger partial charge in [0.2, 0.25) is 31.9 Å². The average molecular weight is 869 g/mol. The van der Waals surface area contributed by atoms with Gasteiger partial charge in [0, 0.05) is 37.4 Å². The lowest BCUT2D eigenvalue weighted by Crippen LogP contribution is -2.43. The summed E-state index contributed by atoms with van der Waals surface area (Å²) in [5.74, 6) is -2.14. The van der Waals surface area contributed by atoms with Gasteiger partial charge in [0.05, 0.1) is 16.6 Å². The number of nitrogen functional groups attached to an aromatic ring is 1. The first-order valence-corrected chi connectivity index (χ1v) is 22.4. The van der Waals surface area contributed by atoms with E-state index in [1.54, 1.807) is 12.1 Å². The number of carbonyl (C=O) groups is 2. The molecule has 2 aromatic carbocycles. The Labute approximate surface area is 354 Å². The number of aromatic nitrogens is 3. The summed E-state index contributed by atoms with van der Waals surface area (Å²) >= 11 is 0. The van der Waals surface area contributed by atoms with E-state index in [0.29, 0.717) is 17.8 Å². The SMILES string of the molecule is C.CC1(C)OB(c2cccc(CNS(=O)(=O)CC(N)=O)c2)OC1(C)C.NC(=O)CS(=O)(=O)NCc1cccc(-c2cn(C3CC(CN4CCC4)C3)c3ncnc(N)c23)c1.[CH3-]. The lowest BCUT2D eigenvalue weighted by atomic mass is 9.78. The number of hydrogen-bond acceptors (Lipinski definition) is 12. The third-order valence-electron chi connectivity index (χ3n) is 11.1. The van der Waals surface area contributed by atoms with Crippen molar-refractivity contribution in [2.75, 3.05) is 36.9 Å². The zero-order valence-corrected chi connectivity index (χ0v) is 35.8. The number of sulfonamides is 2. The van der Waals surface area contributed by atoms with Crippen LogP contribution in [0.3, 0.4) is 0 Å². The molecule has 8 N–H and O–H groups in total. The van der Waals surface area contributed by atoms with Crippen LogP contribution in [0, 0.1) is 13.3 Å². The zero-order valence-electron chi connectivity index (χ0n) is 34.2. The topological polar surface area (TPSA) is 257 Å². The van der Waals surface area contributed by atoms with Gasteiger partial charge in [-0.3, -0.25) is 9.59 Å². The first kappa shape index (κ1) is 48.2. The first-order valence-electron chi connectivity index (χ1n) is 19.1. The van der Waals surface area contributed by atoms with E-state index in [2.05, 4.69) is 35.1 Å². The minimum Gasteiger partial charge on any atom is -0.399 e. The molecule has 60 heavy (non-hydrogen) atoms. The van der Waals surface area contributed by atoms with Gasteiger partial charge in [-0.25, -0.2) is 36.2 Å². The standard InChI is InChI=1S/C23H29N7O3S.C15H23BN2O5S.CH4.CH3/c24-20(31)13-34(32,33)28-10-15-3-1-4-17(7-15)19-12-30(23-21(19)22(25)26-14-27-23)18-8-16(9-18)11-29-5-2-6-29;1-14(2)15(3,4)23-16(22-14)12-7-5-6-11(8-12)9-18-24(20,21)10-13(17)19;;/h1,3-4,7,12,14,16,18,28H,2,5-6,8-11,13H2,(H2,24,31)(H2,25,26,27);5-8,18H,9-10H2,1-4H3,(H2,17,19);1H4;1H3/q;;;-1. The van der Waals surface area contributed by atoms with E-state index in [1.807, 2.05) is 64.1 Å². The smallest absolute Gasteiger partial charge is 0.399 e. The maximum Gasteiger partial charge on any atom is 0.494 e. The molecule has 0 bridgehead atoms. The van der Waals surface area contributed by atoms with E-state index in [0.717, 1.165) is 51.6 Å². The van der Waals surface area contributed by atoms with Gasteiger partial charge < -0.3 is 43.4 Å². The Kier molecular flexibility index (Phi) is 15.3. The van der Waals surface area contributed by atoms with Crippen LogP contribution < -0.4 is 32.1 Å². The van der Waals surface area contributed by atoms with E-state index in [1.165, 1.54) is 32.4 Å². The fourth-order valence-electron chi connectivity index (χ4n) is 7.15. The predicted octanol–water partition coefficient (Wildman–Crippen LogP) is 2.22. The van der Waals surface area contributed by atoms with Crippen LogP contribution in [0.5, 0.6) is 0 Å². The van der Waals surface area contributed by atoms with Crippen molar-refractivity contribution in [1.29, 1.82) is 0 Å². The van der Waals surface area contributed by atoms with E-state index in [4.69, 9.17) is 26.5 Å². The summed E-state index contributed by atoms with van der Waals surface area (Å²) in [6, 6.07) is 15.2. The third-order valence-corrected chi connectivity index (χ3v) is 13.6. The molecule has 17 nitrogen and oxygen atoms in total. The maximum atomic E-state index is 12.0. The minimum absolute atomic E-state index is 0. The molecule has 1 saturated carbocycles. The molecule has 7 rings (SSSR count). The molecule has 4 heterocycles. The van der Waals surface area contributed by atoms with Crippen LogP contribution in [0.25, 0.3) is 22.2 Å². The highest BCUT2D eigenvalue weighted by molar-refractivity contribution is 7.90. The van der Waals surface area contributed by atoms with Crippen LogP contribution in [0.15, 0.2) is 61.1 Å². The Bertz CT molecular complexity index is 2370. The molecule has 328 valence electrons. The summed E-state index contributed by atoms with van der Waals surface area (Å²) in [4.78, 5) is 33.0. The van der Waals surface area contributed by atoms with E-state index in [-0.39, 0.29) is 27.9 Å². The number of nitrogens with zero attached hydrogens (tertiary/aromatic N) is 4. The Morgan fingerprint density at radius 1 is 0.867 bits per heavy atom. The van der Waals surface area contributed by atoms with Crippen LogP contribution in [0.2, 0.25) is 0 Å². The van der Waals surface area contributed by atoms with Crippen molar-refractivity contribution in [1.82, 2.24) is 28.9 Å². The van der Waals surface area contributed by atoms with E-state index in [9.17, 15) is 26.4 Å². The second kappa shape index (κ2) is 19.1. The van der Waals surface area contributed by atoms with Crippen LogP contribution in [0.1, 0.15) is 71.6 Å². The summed E-state index contributed by atoms with van der Waals surface area (Å²) < 4.78 is 66.2. The monoisotopic (exact) mass is 868 g/mol. The Hall–Kier alpha value is -4.44. The van der Waals surface area contributed by atoms with Crippen molar-refractivity contribution in [3.63, 3.8) is 0 Å². The van der Waals surface area contributed by atoms with Crippen LogP contribution in [-0.2, 0) is 52.0 Å². The molecule has 20 heteroatoms.